The summed E-state index contributed by atoms with van der Waals surface area (Å²) in [5, 5.41) is 18.6. The maximum absolute atomic E-state index is 9.32. The molecule has 0 amide bonds. The Morgan fingerprint density at radius 3 is 2.17 bits per heavy atom. The Labute approximate surface area is 72.5 Å². The van der Waals surface area contributed by atoms with Gasteiger partial charge in [-0.25, -0.2) is 0 Å². The lowest BCUT2D eigenvalue weighted by atomic mass is 10.00. The van der Waals surface area contributed by atoms with Crippen molar-refractivity contribution in [3.63, 3.8) is 0 Å². The van der Waals surface area contributed by atoms with Gasteiger partial charge in [-0.05, 0) is 26.3 Å². The van der Waals surface area contributed by atoms with Crippen molar-refractivity contribution < 1.29 is 10.2 Å². The van der Waals surface area contributed by atoms with E-state index in [2.05, 4.69) is 0 Å². The zero-order valence-electron chi connectivity index (χ0n) is 7.63. The van der Waals surface area contributed by atoms with Gasteiger partial charge >= 0.3 is 0 Å². The number of aliphatic hydroxyl groups is 2. The molecule has 0 radical (unpaired) electrons. The van der Waals surface area contributed by atoms with Crippen molar-refractivity contribution in [2.45, 2.75) is 26.6 Å². The number of aryl methyl sites for hydroxylation is 2. The molecular weight excluding hydrogens is 152 g/mol. The Kier molecular flexibility index (Phi) is 2.22. The summed E-state index contributed by atoms with van der Waals surface area (Å²) >= 11 is 0. The van der Waals surface area contributed by atoms with Crippen molar-refractivity contribution in [2.75, 3.05) is 0 Å². The predicted octanol–water partition coefficient (Wildman–Crippen LogP) is 1.46. The van der Waals surface area contributed by atoms with Crippen LogP contribution < -0.4 is 0 Å². The molecule has 0 spiro atoms. The first kappa shape index (κ1) is 9.23. The lowest BCUT2D eigenvalue weighted by molar-refractivity contribution is -0.153. The van der Waals surface area contributed by atoms with Crippen LogP contribution in [0.2, 0.25) is 0 Å². The summed E-state index contributed by atoms with van der Waals surface area (Å²) in [4.78, 5) is 0. The summed E-state index contributed by atoms with van der Waals surface area (Å²) in [5.74, 6) is -1.72. The average molecular weight is 166 g/mol. The molecule has 1 aromatic rings. The summed E-state index contributed by atoms with van der Waals surface area (Å²) in [7, 11) is 0. The topological polar surface area (TPSA) is 40.5 Å². The molecule has 0 aliphatic heterocycles. The quantitative estimate of drug-likeness (QED) is 0.620. The van der Waals surface area contributed by atoms with Gasteiger partial charge in [0, 0.05) is 5.56 Å². The van der Waals surface area contributed by atoms with Crippen LogP contribution in [0, 0.1) is 13.8 Å². The van der Waals surface area contributed by atoms with Gasteiger partial charge in [0.1, 0.15) is 0 Å². The van der Waals surface area contributed by atoms with Gasteiger partial charge in [0.05, 0.1) is 0 Å². The van der Waals surface area contributed by atoms with E-state index in [1.165, 1.54) is 6.92 Å². The number of hydrogen-bond donors (Lipinski definition) is 2. The van der Waals surface area contributed by atoms with Crippen LogP contribution in [0.15, 0.2) is 18.2 Å². The van der Waals surface area contributed by atoms with E-state index in [9.17, 15) is 10.2 Å². The largest absolute Gasteiger partial charge is 0.362 e. The van der Waals surface area contributed by atoms with Crippen molar-refractivity contribution in [2.24, 2.45) is 0 Å². The highest BCUT2D eigenvalue weighted by Gasteiger charge is 2.19. The van der Waals surface area contributed by atoms with E-state index in [-0.39, 0.29) is 0 Å². The zero-order valence-corrected chi connectivity index (χ0v) is 7.63. The first-order valence-corrected chi connectivity index (χ1v) is 3.94. The molecule has 0 saturated carbocycles. The number of benzene rings is 1. The van der Waals surface area contributed by atoms with Crippen molar-refractivity contribution in [3.05, 3.63) is 34.9 Å². The Bertz CT molecular complexity index is 284. The minimum atomic E-state index is -1.72. The van der Waals surface area contributed by atoms with Gasteiger partial charge < -0.3 is 10.2 Å². The Balaban J connectivity index is 3.19. The normalized spacial score (nSPS) is 11.8. The second kappa shape index (κ2) is 2.88. The Morgan fingerprint density at radius 2 is 1.75 bits per heavy atom. The minimum Gasteiger partial charge on any atom is -0.362 e. The van der Waals surface area contributed by atoms with E-state index in [1.54, 1.807) is 6.07 Å². The van der Waals surface area contributed by atoms with Gasteiger partial charge in [0.2, 0.25) is 0 Å². The lowest BCUT2D eigenvalue weighted by Gasteiger charge is -2.18. The molecule has 0 aliphatic rings. The zero-order chi connectivity index (χ0) is 9.35. The summed E-state index contributed by atoms with van der Waals surface area (Å²) in [6, 6.07) is 5.54. The van der Waals surface area contributed by atoms with Crippen LogP contribution in [0.3, 0.4) is 0 Å². The monoisotopic (exact) mass is 166 g/mol. The summed E-state index contributed by atoms with van der Waals surface area (Å²) in [6.45, 7) is 5.21. The van der Waals surface area contributed by atoms with Crippen LogP contribution in [0.1, 0.15) is 23.6 Å². The molecule has 1 aromatic carbocycles. The molecule has 2 nitrogen and oxygen atoms in total. The SMILES string of the molecule is Cc1ccc(C(C)(O)O)c(C)c1. The molecule has 0 unspecified atom stereocenters. The molecule has 0 saturated heterocycles. The fraction of sp³-hybridized carbons (Fsp3) is 0.400. The van der Waals surface area contributed by atoms with Gasteiger partial charge in [0.25, 0.3) is 0 Å². The van der Waals surface area contributed by atoms with Crippen LogP contribution in [0.4, 0.5) is 0 Å². The molecule has 2 N–H and O–H groups in total. The lowest BCUT2D eigenvalue weighted by Crippen LogP contribution is -2.20. The van der Waals surface area contributed by atoms with Crippen LogP contribution in [-0.2, 0) is 5.79 Å². The smallest absolute Gasteiger partial charge is 0.187 e. The maximum atomic E-state index is 9.32. The molecule has 0 aromatic heterocycles. The van der Waals surface area contributed by atoms with Crippen molar-refractivity contribution in [1.82, 2.24) is 0 Å². The molecule has 0 bridgehead atoms. The average Bonchev–Trinajstić information content (AvgIpc) is 1.83. The van der Waals surface area contributed by atoms with Crippen LogP contribution in [-0.4, -0.2) is 10.2 Å². The van der Waals surface area contributed by atoms with E-state index < -0.39 is 5.79 Å². The second-order valence-corrected chi connectivity index (χ2v) is 3.34. The molecule has 2 heteroatoms. The molecule has 12 heavy (non-hydrogen) atoms. The predicted molar refractivity (Wildman–Crippen MR) is 47.7 cm³/mol. The molecule has 0 atom stereocenters. The van der Waals surface area contributed by atoms with Crippen molar-refractivity contribution >= 4 is 0 Å². The van der Waals surface area contributed by atoms with Crippen LogP contribution in [0.25, 0.3) is 0 Å². The van der Waals surface area contributed by atoms with Crippen molar-refractivity contribution in [1.29, 1.82) is 0 Å². The highest BCUT2D eigenvalue weighted by atomic mass is 16.5. The third kappa shape index (κ3) is 1.84. The molecule has 0 aliphatic carbocycles. The van der Waals surface area contributed by atoms with Crippen molar-refractivity contribution in [3.8, 4) is 0 Å². The molecule has 1 rings (SSSR count). The minimum absolute atomic E-state index is 0.563. The van der Waals surface area contributed by atoms with E-state index >= 15 is 0 Å². The van der Waals surface area contributed by atoms with Gasteiger partial charge in [-0.1, -0.05) is 23.8 Å². The third-order valence-corrected chi connectivity index (χ3v) is 1.89. The van der Waals surface area contributed by atoms with E-state index in [1.807, 2.05) is 26.0 Å². The Hall–Kier alpha value is -0.860. The molecule has 66 valence electrons. The first-order chi connectivity index (χ1) is 5.41. The van der Waals surface area contributed by atoms with Gasteiger partial charge in [-0.2, -0.15) is 0 Å². The molecule has 0 fully saturated rings. The summed E-state index contributed by atoms with van der Waals surface area (Å²) in [6.07, 6.45) is 0. The fourth-order valence-corrected chi connectivity index (χ4v) is 1.34. The second-order valence-electron chi connectivity index (χ2n) is 3.34. The highest BCUT2D eigenvalue weighted by molar-refractivity contribution is 5.32. The first-order valence-electron chi connectivity index (χ1n) is 3.94. The standard InChI is InChI=1S/C10H14O2/c1-7-4-5-9(8(2)6-7)10(3,11)12/h4-6,11-12H,1-3H3. The summed E-state index contributed by atoms with van der Waals surface area (Å²) in [5.41, 5.74) is 2.59. The number of rotatable bonds is 1. The number of hydrogen-bond acceptors (Lipinski definition) is 2. The van der Waals surface area contributed by atoms with Gasteiger partial charge in [-0.3, -0.25) is 0 Å². The van der Waals surface area contributed by atoms with Crippen LogP contribution >= 0.6 is 0 Å². The van der Waals surface area contributed by atoms with E-state index in [0.29, 0.717) is 5.56 Å². The Morgan fingerprint density at radius 1 is 1.17 bits per heavy atom. The van der Waals surface area contributed by atoms with E-state index in [4.69, 9.17) is 0 Å². The highest BCUT2D eigenvalue weighted by Crippen LogP contribution is 2.21. The third-order valence-electron chi connectivity index (χ3n) is 1.89. The maximum Gasteiger partial charge on any atom is 0.187 e. The summed E-state index contributed by atoms with van der Waals surface area (Å²) < 4.78 is 0. The van der Waals surface area contributed by atoms with E-state index in [0.717, 1.165) is 11.1 Å². The molecular formula is C10H14O2. The van der Waals surface area contributed by atoms with Crippen LogP contribution in [0.5, 0.6) is 0 Å². The molecule has 0 heterocycles. The fourth-order valence-electron chi connectivity index (χ4n) is 1.34. The van der Waals surface area contributed by atoms with Gasteiger partial charge in [-0.15, -0.1) is 0 Å². The van der Waals surface area contributed by atoms with Gasteiger partial charge in [0.15, 0.2) is 5.79 Å².